The van der Waals surface area contributed by atoms with Gasteiger partial charge in [-0.2, -0.15) is 0 Å². The van der Waals surface area contributed by atoms with Crippen LogP contribution in [0.25, 0.3) is 0 Å². The summed E-state index contributed by atoms with van der Waals surface area (Å²) < 4.78 is 5.13. The van der Waals surface area contributed by atoms with Gasteiger partial charge in [-0.3, -0.25) is 14.9 Å². The first-order valence-electron chi connectivity index (χ1n) is 5.38. The van der Waals surface area contributed by atoms with Crippen molar-refractivity contribution >= 4 is 33.2 Å². The van der Waals surface area contributed by atoms with Crippen molar-refractivity contribution in [2.24, 2.45) is 0 Å². The molecular weight excluding hydrogens is 274 g/mol. The van der Waals surface area contributed by atoms with Crippen molar-refractivity contribution in [2.45, 2.75) is 18.1 Å². The minimum absolute atomic E-state index is 0.0162. The van der Waals surface area contributed by atoms with Crippen molar-refractivity contribution in [1.82, 2.24) is 0 Å². The normalized spacial score (nSPS) is 18.6. The molecule has 1 atom stereocenters. The van der Waals surface area contributed by atoms with E-state index < -0.39 is 4.92 Å². The van der Waals surface area contributed by atoms with Crippen molar-refractivity contribution < 1.29 is 14.5 Å². The number of nitro groups is 1. The number of hydrogen-bond acceptors (Lipinski definition) is 6. The number of nitro benzene ring substituents is 1. The Morgan fingerprint density at radius 1 is 1.44 bits per heavy atom. The number of rotatable bonds is 4. The molecule has 0 N–H and O–H groups in total. The monoisotopic (exact) mass is 285 g/mol. The largest absolute Gasteiger partial charge is 0.426 e. The van der Waals surface area contributed by atoms with Gasteiger partial charge >= 0.3 is 5.97 Å². The van der Waals surface area contributed by atoms with Gasteiger partial charge in [-0.05, 0) is 18.6 Å². The highest BCUT2D eigenvalue weighted by Crippen LogP contribution is 2.39. The fourth-order valence-corrected chi connectivity index (χ4v) is 4.39. The number of hydrogen-bond donors (Lipinski definition) is 0. The van der Waals surface area contributed by atoms with E-state index in [1.807, 2.05) is 0 Å². The van der Waals surface area contributed by atoms with Gasteiger partial charge in [-0.25, -0.2) is 0 Å². The maximum Gasteiger partial charge on any atom is 0.312 e. The van der Waals surface area contributed by atoms with Crippen LogP contribution in [0, 0.1) is 10.1 Å². The summed E-state index contributed by atoms with van der Waals surface area (Å²) in [6.07, 6.45) is 1.40. The van der Waals surface area contributed by atoms with Crippen LogP contribution in [0.1, 0.15) is 12.8 Å². The third-order valence-corrected chi connectivity index (χ3v) is 5.34. The Hall–Kier alpha value is -1.21. The number of carbonyl (C=O) groups is 1. The molecule has 1 aliphatic rings. The molecule has 0 saturated carbocycles. The molecule has 2 rings (SSSR count). The van der Waals surface area contributed by atoms with E-state index in [0.717, 1.165) is 12.2 Å². The van der Waals surface area contributed by atoms with E-state index in [1.165, 1.54) is 24.3 Å². The maximum atomic E-state index is 11.6. The van der Waals surface area contributed by atoms with Crippen molar-refractivity contribution in [3.05, 3.63) is 34.4 Å². The minimum Gasteiger partial charge on any atom is -0.426 e. The number of ether oxygens (including phenoxy) is 1. The van der Waals surface area contributed by atoms with Crippen LogP contribution in [0.4, 0.5) is 5.69 Å². The molecule has 1 saturated heterocycles. The zero-order valence-corrected chi connectivity index (χ0v) is 11.0. The lowest BCUT2D eigenvalue weighted by Crippen LogP contribution is -2.14. The summed E-state index contributed by atoms with van der Waals surface area (Å²) in [5.74, 6) is 1.13. The molecule has 0 radical (unpaired) electrons. The van der Waals surface area contributed by atoms with Crippen LogP contribution in [0.5, 0.6) is 5.75 Å². The van der Waals surface area contributed by atoms with Gasteiger partial charge in [0.25, 0.3) is 5.69 Å². The van der Waals surface area contributed by atoms with E-state index in [-0.39, 0.29) is 11.7 Å². The Bertz CT molecular complexity index is 443. The number of esters is 1. The van der Waals surface area contributed by atoms with Gasteiger partial charge in [0.2, 0.25) is 0 Å². The molecule has 0 aliphatic carbocycles. The zero-order chi connectivity index (χ0) is 13.0. The van der Waals surface area contributed by atoms with Crippen LogP contribution in [0.2, 0.25) is 0 Å². The molecule has 1 aliphatic heterocycles. The molecule has 1 heterocycles. The predicted octanol–water partition coefficient (Wildman–Crippen LogP) is 3.04. The molecule has 1 unspecified atom stereocenters. The smallest absolute Gasteiger partial charge is 0.312 e. The topological polar surface area (TPSA) is 69.4 Å². The third-order valence-electron chi connectivity index (χ3n) is 2.40. The molecule has 96 valence electrons. The Labute approximate surface area is 112 Å². The standard InChI is InChI=1S/C11H11NO4S2/c13-11(7-10-5-6-17-18-10)16-9-3-1-8(2-4-9)12(14)15/h1-4,10H,5-7H2. The second kappa shape index (κ2) is 6.10. The van der Waals surface area contributed by atoms with Gasteiger partial charge in [0.05, 0.1) is 11.3 Å². The van der Waals surface area contributed by atoms with Crippen LogP contribution >= 0.6 is 21.6 Å². The van der Waals surface area contributed by atoms with Gasteiger partial charge in [0, 0.05) is 23.1 Å². The van der Waals surface area contributed by atoms with E-state index in [1.54, 1.807) is 21.6 Å². The summed E-state index contributed by atoms with van der Waals surface area (Å²) in [6.45, 7) is 0. The van der Waals surface area contributed by atoms with E-state index in [9.17, 15) is 14.9 Å². The summed E-state index contributed by atoms with van der Waals surface area (Å²) in [5, 5.41) is 10.8. The molecule has 1 aromatic rings. The molecule has 0 spiro atoms. The van der Waals surface area contributed by atoms with Gasteiger partial charge in [0.1, 0.15) is 5.75 Å². The van der Waals surface area contributed by atoms with E-state index >= 15 is 0 Å². The van der Waals surface area contributed by atoms with Crippen molar-refractivity contribution in [1.29, 1.82) is 0 Å². The highest BCUT2D eigenvalue weighted by Gasteiger charge is 2.21. The van der Waals surface area contributed by atoms with Crippen molar-refractivity contribution in [2.75, 3.05) is 5.75 Å². The van der Waals surface area contributed by atoms with Crippen LogP contribution in [0.15, 0.2) is 24.3 Å². The first-order chi connectivity index (χ1) is 8.65. The van der Waals surface area contributed by atoms with Crippen LogP contribution in [0.3, 0.4) is 0 Å². The summed E-state index contributed by atoms with van der Waals surface area (Å²) >= 11 is 0. The number of carbonyl (C=O) groups excluding carboxylic acids is 1. The molecule has 18 heavy (non-hydrogen) atoms. The van der Waals surface area contributed by atoms with E-state index in [4.69, 9.17) is 4.74 Å². The van der Waals surface area contributed by atoms with Gasteiger partial charge in [0.15, 0.2) is 0 Å². The molecule has 1 aromatic carbocycles. The second-order valence-electron chi connectivity index (χ2n) is 3.76. The summed E-state index contributed by atoms with van der Waals surface area (Å²) in [6, 6.07) is 5.52. The average Bonchev–Trinajstić information content (AvgIpc) is 2.82. The fraction of sp³-hybridized carbons (Fsp3) is 0.364. The van der Waals surface area contributed by atoms with Crippen LogP contribution in [-0.4, -0.2) is 21.9 Å². The molecule has 5 nitrogen and oxygen atoms in total. The first kappa shape index (κ1) is 13.2. The molecule has 0 aromatic heterocycles. The number of non-ortho nitro benzene ring substituents is 1. The lowest BCUT2D eigenvalue weighted by atomic mass is 10.2. The first-order valence-corrected chi connectivity index (χ1v) is 7.77. The van der Waals surface area contributed by atoms with Crippen LogP contribution in [-0.2, 0) is 4.79 Å². The van der Waals surface area contributed by atoms with E-state index in [2.05, 4.69) is 0 Å². The zero-order valence-electron chi connectivity index (χ0n) is 9.40. The summed E-state index contributed by atoms with van der Waals surface area (Å²) in [5.41, 5.74) is -0.0162. The Morgan fingerprint density at radius 3 is 2.72 bits per heavy atom. The molecule has 1 fully saturated rings. The maximum absolute atomic E-state index is 11.6. The Balaban J connectivity index is 1.88. The molecule has 0 bridgehead atoms. The average molecular weight is 285 g/mol. The van der Waals surface area contributed by atoms with Gasteiger partial charge in [-0.1, -0.05) is 21.6 Å². The quantitative estimate of drug-likeness (QED) is 0.278. The molecule has 0 amide bonds. The molecular formula is C11H11NO4S2. The second-order valence-corrected chi connectivity index (χ2v) is 6.55. The highest BCUT2D eigenvalue weighted by atomic mass is 33.1. The van der Waals surface area contributed by atoms with E-state index in [0.29, 0.717) is 17.4 Å². The van der Waals surface area contributed by atoms with Gasteiger partial charge in [-0.15, -0.1) is 0 Å². The molecule has 7 heteroatoms. The fourth-order valence-electron chi connectivity index (χ4n) is 1.50. The minimum atomic E-state index is -0.488. The summed E-state index contributed by atoms with van der Waals surface area (Å²) in [7, 11) is 3.48. The van der Waals surface area contributed by atoms with Crippen molar-refractivity contribution in [3.63, 3.8) is 0 Å². The predicted molar refractivity (Wildman–Crippen MR) is 71.8 cm³/mol. The lowest BCUT2D eigenvalue weighted by Gasteiger charge is -2.07. The number of nitrogens with zero attached hydrogens (tertiary/aromatic N) is 1. The lowest BCUT2D eigenvalue weighted by molar-refractivity contribution is -0.384. The van der Waals surface area contributed by atoms with Crippen molar-refractivity contribution in [3.8, 4) is 5.75 Å². The Morgan fingerprint density at radius 2 is 2.17 bits per heavy atom. The summed E-state index contributed by atoms with van der Waals surface area (Å²) in [4.78, 5) is 21.6. The van der Waals surface area contributed by atoms with Gasteiger partial charge < -0.3 is 4.74 Å². The Kier molecular flexibility index (Phi) is 4.48. The van der Waals surface area contributed by atoms with Crippen LogP contribution < -0.4 is 4.74 Å². The SMILES string of the molecule is O=C(CC1CCSS1)Oc1ccc([N+](=O)[O-])cc1. The highest BCUT2D eigenvalue weighted by molar-refractivity contribution is 8.77. The third kappa shape index (κ3) is 3.64. The number of benzene rings is 1.